The third-order valence-corrected chi connectivity index (χ3v) is 9.14. The maximum Gasteiger partial charge on any atom is 0.290 e. The minimum absolute atomic E-state index is 0.0111. The van der Waals surface area contributed by atoms with Crippen molar-refractivity contribution in [2.45, 2.75) is 78.4 Å². The molecular formula is C33H47N5O6. The number of benzene rings is 1. The number of amides is 5. The molecule has 0 aromatic heterocycles. The van der Waals surface area contributed by atoms with E-state index in [1.807, 2.05) is 20.8 Å². The molecule has 11 nitrogen and oxygen atoms in total. The monoisotopic (exact) mass is 609 g/mol. The highest BCUT2D eigenvalue weighted by Gasteiger charge is 2.69. The molecule has 2 aliphatic carbocycles. The predicted molar refractivity (Wildman–Crippen MR) is 164 cm³/mol. The molecule has 3 fully saturated rings. The number of carbonyl (C=O) groups is 6. The van der Waals surface area contributed by atoms with E-state index in [9.17, 15) is 28.8 Å². The molecular weight excluding hydrogens is 562 g/mol. The summed E-state index contributed by atoms with van der Waals surface area (Å²) in [6.07, 6.45) is 2.43. The smallest absolute Gasteiger partial charge is 0.290 e. The van der Waals surface area contributed by atoms with Crippen LogP contribution in [0.15, 0.2) is 30.3 Å². The van der Waals surface area contributed by atoms with Gasteiger partial charge in [-0.2, -0.15) is 0 Å². The highest BCUT2D eigenvalue weighted by Crippen LogP contribution is 2.65. The Morgan fingerprint density at radius 1 is 1.00 bits per heavy atom. The largest absolute Gasteiger partial charge is 0.347 e. The lowest BCUT2D eigenvalue weighted by molar-refractivity contribution is -0.144. The van der Waals surface area contributed by atoms with Gasteiger partial charge in [-0.3, -0.25) is 28.8 Å². The summed E-state index contributed by atoms with van der Waals surface area (Å²) in [5.41, 5.74) is 0.250. The van der Waals surface area contributed by atoms with Gasteiger partial charge in [0, 0.05) is 27.1 Å². The van der Waals surface area contributed by atoms with Crippen LogP contribution in [-0.4, -0.2) is 84.4 Å². The second-order valence-electron chi connectivity index (χ2n) is 14.6. The Morgan fingerprint density at radius 3 is 2.20 bits per heavy atom. The van der Waals surface area contributed by atoms with Crippen LogP contribution >= 0.6 is 0 Å². The van der Waals surface area contributed by atoms with E-state index in [4.69, 9.17) is 0 Å². The summed E-state index contributed by atoms with van der Waals surface area (Å²) in [5.74, 6) is -2.89. The van der Waals surface area contributed by atoms with Crippen LogP contribution in [0.2, 0.25) is 0 Å². The van der Waals surface area contributed by atoms with Gasteiger partial charge in [-0.15, -0.1) is 0 Å². The number of nitrogens with one attached hydrogen (secondary N) is 3. The molecule has 44 heavy (non-hydrogen) atoms. The Labute approximate surface area is 259 Å². The quantitative estimate of drug-likeness (QED) is 0.309. The Kier molecular flexibility index (Phi) is 9.56. The summed E-state index contributed by atoms with van der Waals surface area (Å²) < 4.78 is 0. The van der Waals surface area contributed by atoms with Gasteiger partial charge in [0.05, 0.1) is 12.6 Å². The number of likely N-dealkylation sites (N-methyl/N-ethyl adjacent to an activating group) is 1. The van der Waals surface area contributed by atoms with Gasteiger partial charge in [0.25, 0.3) is 5.91 Å². The molecule has 11 heteroatoms. The zero-order chi connectivity index (χ0) is 32.6. The molecule has 1 aromatic carbocycles. The predicted octanol–water partition coefficient (Wildman–Crippen LogP) is 1.82. The molecule has 240 valence electrons. The summed E-state index contributed by atoms with van der Waals surface area (Å²) in [6.45, 7) is 10.1. The van der Waals surface area contributed by atoms with Crippen molar-refractivity contribution in [1.29, 1.82) is 0 Å². The van der Waals surface area contributed by atoms with E-state index in [1.165, 1.54) is 4.90 Å². The van der Waals surface area contributed by atoms with Gasteiger partial charge in [0.2, 0.25) is 29.4 Å². The molecule has 5 atom stereocenters. The van der Waals surface area contributed by atoms with E-state index in [0.29, 0.717) is 24.9 Å². The van der Waals surface area contributed by atoms with E-state index in [-0.39, 0.29) is 40.4 Å². The average Bonchev–Trinajstić information content (AvgIpc) is 3.80. The first-order valence-electron chi connectivity index (χ1n) is 15.5. The molecule has 3 aliphatic rings. The molecule has 3 N–H and O–H groups in total. The minimum Gasteiger partial charge on any atom is -0.347 e. The number of hydrogen-bond donors (Lipinski definition) is 3. The van der Waals surface area contributed by atoms with Crippen molar-refractivity contribution in [1.82, 2.24) is 25.8 Å². The lowest BCUT2D eigenvalue weighted by Gasteiger charge is -2.33. The standard InChI is InChI=1S/C33H47N5O6/c1-32(2,3)16-24(40)38-18-21-25(33(21,4)5)27(38)29(42)35-22(15-19-13-14-19)28(41)30(43)34-17-23(39)36-26(31(44)37(6)7)20-11-9-8-10-12-20/h8-12,19,21-22,25-27H,13-18H2,1-7H3,(H,34,43)(H,35,42)(H,36,39)/t21?,22?,25?,26-,27-/m0/s1. The van der Waals surface area contributed by atoms with Gasteiger partial charge in [-0.05, 0) is 40.6 Å². The number of ketones is 1. The second kappa shape index (κ2) is 12.7. The molecule has 0 spiro atoms. The molecule has 2 saturated carbocycles. The Hall–Kier alpha value is -3.76. The van der Waals surface area contributed by atoms with Crippen molar-refractivity contribution in [3.05, 3.63) is 35.9 Å². The summed E-state index contributed by atoms with van der Waals surface area (Å²) in [4.78, 5) is 81.8. The Bertz CT molecular complexity index is 1300. The van der Waals surface area contributed by atoms with E-state index < -0.39 is 48.2 Å². The van der Waals surface area contributed by atoms with Gasteiger partial charge >= 0.3 is 0 Å². The summed E-state index contributed by atoms with van der Waals surface area (Å²) in [6, 6.07) is 6.01. The average molecular weight is 610 g/mol. The zero-order valence-electron chi connectivity index (χ0n) is 26.9. The number of Topliss-reactive ketones (excluding diaryl/α,β-unsaturated/α-hetero) is 1. The van der Waals surface area contributed by atoms with Gasteiger partial charge in [0.1, 0.15) is 12.1 Å². The van der Waals surface area contributed by atoms with E-state index in [2.05, 4.69) is 29.8 Å². The van der Waals surface area contributed by atoms with Crippen molar-refractivity contribution >= 4 is 35.3 Å². The van der Waals surface area contributed by atoms with Crippen LogP contribution in [0.5, 0.6) is 0 Å². The zero-order valence-corrected chi connectivity index (χ0v) is 26.9. The number of carbonyl (C=O) groups excluding carboxylic acids is 6. The Balaban J connectivity index is 1.40. The molecule has 1 heterocycles. The summed E-state index contributed by atoms with van der Waals surface area (Å²) >= 11 is 0. The number of fused-ring (bicyclic) bond motifs is 1. The maximum absolute atomic E-state index is 13.7. The SMILES string of the molecule is CN(C)C(=O)[C@@H](NC(=O)CNC(=O)C(=O)C(CC1CC1)NC(=O)[C@@H]1C2C(CN1C(=O)CC(C)(C)C)C2(C)C)c1ccccc1. The summed E-state index contributed by atoms with van der Waals surface area (Å²) in [5, 5.41) is 7.83. The lowest BCUT2D eigenvalue weighted by Crippen LogP contribution is -2.56. The topological polar surface area (TPSA) is 145 Å². The van der Waals surface area contributed by atoms with Crippen LogP contribution in [0.1, 0.15) is 71.9 Å². The highest BCUT2D eigenvalue weighted by atomic mass is 16.2. The van der Waals surface area contributed by atoms with Crippen LogP contribution in [-0.2, 0) is 28.8 Å². The molecule has 5 amide bonds. The van der Waals surface area contributed by atoms with Crippen molar-refractivity contribution in [2.75, 3.05) is 27.2 Å². The number of rotatable bonds is 12. The van der Waals surface area contributed by atoms with E-state index in [1.54, 1.807) is 49.3 Å². The molecule has 3 unspecified atom stereocenters. The van der Waals surface area contributed by atoms with Gasteiger partial charge < -0.3 is 25.8 Å². The molecule has 1 aliphatic heterocycles. The highest BCUT2D eigenvalue weighted by molar-refractivity contribution is 6.38. The number of piperidine rings is 1. The minimum atomic E-state index is -1.06. The van der Waals surface area contributed by atoms with Crippen molar-refractivity contribution < 1.29 is 28.8 Å². The number of hydrogen-bond acceptors (Lipinski definition) is 6. The van der Waals surface area contributed by atoms with E-state index in [0.717, 1.165) is 12.8 Å². The van der Waals surface area contributed by atoms with E-state index >= 15 is 0 Å². The third-order valence-electron chi connectivity index (χ3n) is 9.14. The van der Waals surface area contributed by atoms with Crippen LogP contribution < -0.4 is 16.0 Å². The first-order chi connectivity index (χ1) is 20.5. The van der Waals surface area contributed by atoms with Gasteiger partial charge in [-0.1, -0.05) is 77.8 Å². The van der Waals surface area contributed by atoms with Crippen LogP contribution in [0.4, 0.5) is 0 Å². The normalized spacial score (nSPS) is 23.1. The second-order valence-corrected chi connectivity index (χ2v) is 14.6. The molecule has 1 saturated heterocycles. The lowest BCUT2D eigenvalue weighted by atomic mass is 9.90. The first-order valence-corrected chi connectivity index (χ1v) is 15.5. The molecule has 0 radical (unpaired) electrons. The fourth-order valence-corrected chi connectivity index (χ4v) is 6.38. The fraction of sp³-hybridized carbons (Fsp3) is 0.636. The molecule has 0 bridgehead atoms. The Morgan fingerprint density at radius 2 is 1.64 bits per heavy atom. The van der Waals surface area contributed by atoms with Gasteiger partial charge in [-0.25, -0.2) is 0 Å². The summed E-state index contributed by atoms with van der Waals surface area (Å²) in [7, 11) is 3.16. The van der Waals surface area contributed by atoms with Crippen LogP contribution in [0.25, 0.3) is 0 Å². The van der Waals surface area contributed by atoms with Crippen molar-refractivity contribution in [3.8, 4) is 0 Å². The number of likely N-dealkylation sites (tertiary alicyclic amines) is 1. The third kappa shape index (κ3) is 7.65. The van der Waals surface area contributed by atoms with Crippen molar-refractivity contribution in [3.63, 3.8) is 0 Å². The number of nitrogens with zero attached hydrogens (tertiary/aromatic N) is 2. The van der Waals surface area contributed by atoms with Crippen LogP contribution in [0.3, 0.4) is 0 Å². The fourth-order valence-electron chi connectivity index (χ4n) is 6.38. The van der Waals surface area contributed by atoms with Crippen LogP contribution in [0, 0.1) is 28.6 Å². The van der Waals surface area contributed by atoms with Gasteiger partial charge in [0.15, 0.2) is 0 Å². The molecule has 4 rings (SSSR count). The maximum atomic E-state index is 13.7. The van der Waals surface area contributed by atoms with Crippen molar-refractivity contribution in [2.24, 2.45) is 28.6 Å². The molecule has 1 aromatic rings. The first kappa shape index (κ1) is 33.1.